The van der Waals surface area contributed by atoms with Crippen LogP contribution in [0.2, 0.25) is 0 Å². The fraction of sp³-hybridized carbons (Fsp3) is 0.692. The molecule has 0 aliphatic carbocycles. The first-order chi connectivity index (χ1) is 8.71. The van der Waals surface area contributed by atoms with E-state index in [0.29, 0.717) is 24.4 Å². The third-order valence-electron chi connectivity index (χ3n) is 2.86. The van der Waals surface area contributed by atoms with Gasteiger partial charge in [-0.15, -0.1) is 0 Å². The summed E-state index contributed by atoms with van der Waals surface area (Å²) in [6.45, 7) is 8.04. The molecule has 5 heteroatoms. The van der Waals surface area contributed by atoms with Gasteiger partial charge in [0.15, 0.2) is 0 Å². The first-order valence-corrected chi connectivity index (χ1v) is 7.39. The number of anilines is 1. The lowest BCUT2D eigenvalue weighted by molar-refractivity contribution is 0.231. The number of aromatic nitrogens is 2. The van der Waals surface area contributed by atoms with Gasteiger partial charge in [-0.2, -0.15) is 4.98 Å². The van der Waals surface area contributed by atoms with Crippen molar-refractivity contribution in [2.75, 3.05) is 18.5 Å². The van der Waals surface area contributed by atoms with Crippen molar-refractivity contribution in [1.82, 2.24) is 9.97 Å². The van der Waals surface area contributed by atoms with E-state index in [4.69, 9.17) is 4.74 Å². The van der Waals surface area contributed by atoms with Gasteiger partial charge in [0.25, 0.3) is 0 Å². The van der Waals surface area contributed by atoms with E-state index in [2.05, 4.69) is 52.0 Å². The molecule has 1 heterocycles. The van der Waals surface area contributed by atoms with Crippen molar-refractivity contribution in [3.05, 3.63) is 10.7 Å². The number of hydrogen-bond acceptors (Lipinski definition) is 4. The maximum absolute atomic E-state index is 5.76. The van der Waals surface area contributed by atoms with Crippen molar-refractivity contribution in [3.8, 4) is 5.88 Å². The quantitative estimate of drug-likeness (QED) is 0.791. The second-order valence-corrected chi connectivity index (χ2v) is 5.12. The molecule has 4 nitrogen and oxygen atoms in total. The number of halogens is 1. The summed E-state index contributed by atoms with van der Waals surface area (Å²) in [7, 11) is 0. The molecule has 0 bridgehead atoms. The van der Waals surface area contributed by atoms with Crippen LogP contribution in [-0.4, -0.2) is 23.1 Å². The zero-order valence-electron chi connectivity index (χ0n) is 11.4. The van der Waals surface area contributed by atoms with Crippen molar-refractivity contribution >= 4 is 21.9 Å². The predicted octanol–water partition coefficient (Wildman–Crippen LogP) is 3.88. The maximum atomic E-state index is 5.76. The highest BCUT2D eigenvalue weighted by Gasteiger charge is 2.09. The van der Waals surface area contributed by atoms with E-state index in [1.165, 1.54) is 0 Å². The van der Waals surface area contributed by atoms with Crippen LogP contribution >= 0.6 is 15.9 Å². The fourth-order valence-electron chi connectivity index (χ4n) is 1.50. The van der Waals surface area contributed by atoms with E-state index in [9.17, 15) is 0 Å². The van der Waals surface area contributed by atoms with E-state index in [-0.39, 0.29) is 0 Å². The maximum Gasteiger partial charge on any atom is 0.232 e. The summed E-state index contributed by atoms with van der Waals surface area (Å²) in [5, 5.41) is 3.15. The van der Waals surface area contributed by atoms with Gasteiger partial charge in [-0.05, 0) is 28.3 Å². The van der Waals surface area contributed by atoms with Gasteiger partial charge in [-0.1, -0.05) is 33.6 Å². The van der Waals surface area contributed by atoms with Crippen LogP contribution in [0.5, 0.6) is 5.88 Å². The molecule has 1 rings (SSSR count). The largest absolute Gasteiger partial charge is 0.476 e. The van der Waals surface area contributed by atoms with Gasteiger partial charge in [0.2, 0.25) is 11.8 Å². The normalized spacial score (nSPS) is 10.7. The first kappa shape index (κ1) is 15.2. The van der Waals surface area contributed by atoms with Crippen LogP contribution in [0.1, 0.15) is 40.0 Å². The van der Waals surface area contributed by atoms with Gasteiger partial charge in [0, 0.05) is 6.54 Å². The highest BCUT2D eigenvalue weighted by Crippen LogP contribution is 2.23. The van der Waals surface area contributed by atoms with Crippen LogP contribution in [0.15, 0.2) is 10.7 Å². The Labute approximate surface area is 118 Å². The van der Waals surface area contributed by atoms with Crippen molar-refractivity contribution in [2.24, 2.45) is 5.92 Å². The van der Waals surface area contributed by atoms with Gasteiger partial charge in [0.05, 0.1) is 17.3 Å². The molecule has 0 aromatic carbocycles. The van der Waals surface area contributed by atoms with Crippen molar-refractivity contribution < 1.29 is 4.74 Å². The molecule has 0 aliphatic heterocycles. The van der Waals surface area contributed by atoms with E-state index in [0.717, 1.165) is 30.3 Å². The summed E-state index contributed by atoms with van der Waals surface area (Å²) < 4.78 is 6.56. The van der Waals surface area contributed by atoms with Crippen LogP contribution in [-0.2, 0) is 0 Å². The molecule has 0 aliphatic rings. The highest BCUT2D eigenvalue weighted by atomic mass is 79.9. The Morgan fingerprint density at radius 2 is 2.06 bits per heavy atom. The number of nitrogens with zero attached hydrogens (tertiary/aromatic N) is 2. The van der Waals surface area contributed by atoms with Crippen LogP contribution in [0.3, 0.4) is 0 Å². The summed E-state index contributed by atoms with van der Waals surface area (Å²) in [6.07, 6.45) is 5.02. The monoisotopic (exact) mass is 315 g/mol. The lowest BCUT2D eigenvalue weighted by Gasteiger charge is -2.14. The van der Waals surface area contributed by atoms with Gasteiger partial charge < -0.3 is 10.1 Å². The van der Waals surface area contributed by atoms with Crippen molar-refractivity contribution in [1.29, 1.82) is 0 Å². The van der Waals surface area contributed by atoms with Crippen molar-refractivity contribution in [3.63, 3.8) is 0 Å². The molecular formula is C13H22BrN3O. The average Bonchev–Trinajstić information content (AvgIpc) is 2.40. The lowest BCUT2D eigenvalue weighted by atomic mass is 10.1. The standard InChI is InChI=1S/C13H22BrN3O/c1-4-7-15-13-16-8-11(14)12(17-13)18-9-10(5-2)6-3/h8,10H,4-7,9H2,1-3H3,(H,15,16,17). The smallest absolute Gasteiger partial charge is 0.232 e. The van der Waals surface area contributed by atoms with Crippen LogP contribution in [0, 0.1) is 5.92 Å². The first-order valence-electron chi connectivity index (χ1n) is 6.60. The van der Waals surface area contributed by atoms with Gasteiger partial charge >= 0.3 is 0 Å². The zero-order chi connectivity index (χ0) is 13.4. The minimum atomic E-state index is 0.582. The van der Waals surface area contributed by atoms with E-state index in [1.807, 2.05) is 0 Å². The third-order valence-corrected chi connectivity index (χ3v) is 3.40. The summed E-state index contributed by atoms with van der Waals surface area (Å²) in [6, 6.07) is 0. The second kappa shape index (κ2) is 8.29. The second-order valence-electron chi connectivity index (χ2n) is 4.27. The molecule has 18 heavy (non-hydrogen) atoms. The molecule has 0 atom stereocenters. The molecule has 1 N–H and O–H groups in total. The number of rotatable bonds is 8. The van der Waals surface area contributed by atoms with E-state index < -0.39 is 0 Å². The molecule has 102 valence electrons. The Balaban J connectivity index is 2.62. The summed E-state index contributed by atoms with van der Waals surface area (Å²) in [5.74, 6) is 1.83. The minimum absolute atomic E-state index is 0.582. The Bertz CT molecular complexity index is 356. The van der Waals surface area contributed by atoms with E-state index in [1.54, 1.807) is 6.20 Å². The van der Waals surface area contributed by atoms with Gasteiger partial charge in [-0.25, -0.2) is 4.98 Å². The Morgan fingerprint density at radius 1 is 1.33 bits per heavy atom. The topological polar surface area (TPSA) is 47.0 Å². The SMILES string of the molecule is CCCNc1ncc(Br)c(OCC(CC)CC)n1. The van der Waals surface area contributed by atoms with Gasteiger partial charge in [-0.3, -0.25) is 0 Å². The zero-order valence-corrected chi connectivity index (χ0v) is 13.0. The number of ether oxygens (including phenoxy) is 1. The Morgan fingerprint density at radius 3 is 2.67 bits per heavy atom. The molecule has 0 unspecified atom stereocenters. The molecule has 1 aromatic rings. The lowest BCUT2D eigenvalue weighted by Crippen LogP contribution is -2.12. The molecule has 0 saturated carbocycles. The van der Waals surface area contributed by atoms with Gasteiger partial charge in [0.1, 0.15) is 0 Å². The summed E-state index contributed by atoms with van der Waals surface area (Å²) in [5.41, 5.74) is 0. The predicted molar refractivity (Wildman–Crippen MR) is 78.1 cm³/mol. The summed E-state index contributed by atoms with van der Waals surface area (Å²) in [4.78, 5) is 8.55. The summed E-state index contributed by atoms with van der Waals surface area (Å²) >= 11 is 3.41. The molecular weight excluding hydrogens is 294 g/mol. The highest BCUT2D eigenvalue weighted by molar-refractivity contribution is 9.10. The average molecular weight is 316 g/mol. The van der Waals surface area contributed by atoms with Crippen LogP contribution in [0.25, 0.3) is 0 Å². The molecule has 0 radical (unpaired) electrons. The molecule has 0 spiro atoms. The minimum Gasteiger partial charge on any atom is -0.476 e. The molecule has 1 aromatic heterocycles. The number of hydrogen-bond donors (Lipinski definition) is 1. The molecule has 0 amide bonds. The third kappa shape index (κ3) is 4.80. The van der Waals surface area contributed by atoms with Crippen LogP contribution in [0.4, 0.5) is 5.95 Å². The molecule has 0 saturated heterocycles. The Kier molecular flexibility index (Phi) is 7.01. The fourth-order valence-corrected chi connectivity index (χ4v) is 1.80. The number of nitrogens with one attached hydrogen (secondary N) is 1. The van der Waals surface area contributed by atoms with Crippen LogP contribution < -0.4 is 10.1 Å². The molecule has 0 fully saturated rings. The van der Waals surface area contributed by atoms with E-state index >= 15 is 0 Å². The Hall–Kier alpha value is -0.840. The van der Waals surface area contributed by atoms with Crippen molar-refractivity contribution in [2.45, 2.75) is 40.0 Å².